The van der Waals surface area contributed by atoms with Crippen molar-refractivity contribution in [2.45, 2.75) is 187 Å². The van der Waals surface area contributed by atoms with Crippen molar-refractivity contribution in [2.75, 3.05) is 40.9 Å². The van der Waals surface area contributed by atoms with Crippen molar-refractivity contribution in [2.24, 2.45) is 0 Å². The third kappa shape index (κ3) is 45.3. The van der Waals surface area contributed by atoms with Gasteiger partial charge < -0.3 is 19.8 Å². The van der Waals surface area contributed by atoms with Gasteiger partial charge in [-0.3, -0.25) is 13.8 Å². The second-order valence-corrected chi connectivity index (χ2v) is 18.6. The summed E-state index contributed by atoms with van der Waals surface area (Å²) in [5, 5.41) is 13.9. The first-order valence-electron chi connectivity index (χ1n) is 24.1. The molecule has 0 spiro atoms. The molecule has 0 aliphatic carbocycles. The number of likely N-dealkylation sites (N-methyl/N-ethyl adjacent to an activating group) is 1. The van der Waals surface area contributed by atoms with Gasteiger partial charge in [0.15, 0.2) is 0 Å². The van der Waals surface area contributed by atoms with Crippen LogP contribution in [0.5, 0.6) is 0 Å². The van der Waals surface area contributed by atoms with Crippen LogP contribution in [0.1, 0.15) is 174 Å². The molecular formula is C52H92N2O6P+. The fourth-order valence-electron chi connectivity index (χ4n) is 6.29. The molecule has 0 saturated heterocycles. The zero-order valence-corrected chi connectivity index (χ0v) is 40.5. The lowest BCUT2D eigenvalue weighted by molar-refractivity contribution is -0.870. The van der Waals surface area contributed by atoms with Crippen molar-refractivity contribution < 1.29 is 32.9 Å². The molecule has 0 rings (SSSR count). The Kier molecular flexibility index (Phi) is 40.9. The van der Waals surface area contributed by atoms with Gasteiger partial charge in [0.2, 0.25) is 5.91 Å². The first-order chi connectivity index (χ1) is 29.5. The zero-order chi connectivity index (χ0) is 45.0. The number of nitrogens with zero attached hydrogens (tertiary/aromatic N) is 1. The van der Waals surface area contributed by atoms with Crippen molar-refractivity contribution in [3.8, 4) is 0 Å². The van der Waals surface area contributed by atoms with Gasteiger partial charge in [0.05, 0.1) is 39.9 Å². The van der Waals surface area contributed by atoms with Crippen LogP contribution in [0.3, 0.4) is 0 Å². The largest absolute Gasteiger partial charge is 0.472 e. The molecule has 0 saturated carbocycles. The number of hydrogen-bond acceptors (Lipinski definition) is 5. The van der Waals surface area contributed by atoms with Crippen LogP contribution in [0.25, 0.3) is 0 Å². The lowest BCUT2D eigenvalue weighted by atomic mass is 10.0. The summed E-state index contributed by atoms with van der Waals surface area (Å²) in [4.78, 5) is 23.1. The molecule has 0 aliphatic rings. The van der Waals surface area contributed by atoms with Gasteiger partial charge in [-0.15, -0.1) is 0 Å². The van der Waals surface area contributed by atoms with Crippen molar-refractivity contribution in [3.05, 3.63) is 97.2 Å². The summed E-state index contributed by atoms with van der Waals surface area (Å²) < 4.78 is 23.6. The average Bonchev–Trinajstić information content (AvgIpc) is 3.21. The Bertz CT molecular complexity index is 1310. The molecule has 0 aromatic heterocycles. The van der Waals surface area contributed by atoms with Crippen LogP contribution in [0.2, 0.25) is 0 Å². The van der Waals surface area contributed by atoms with E-state index in [0.717, 1.165) is 103 Å². The third-order valence-corrected chi connectivity index (χ3v) is 11.1. The van der Waals surface area contributed by atoms with Crippen LogP contribution in [0.4, 0.5) is 0 Å². The summed E-state index contributed by atoms with van der Waals surface area (Å²) in [5.74, 6) is -0.176. The van der Waals surface area contributed by atoms with Crippen LogP contribution < -0.4 is 5.32 Å². The monoisotopic (exact) mass is 872 g/mol. The molecule has 0 fully saturated rings. The van der Waals surface area contributed by atoms with Crippen LogP contribution in [-0.4, -0.2) is 73.4 Å². The fraction of sp³-hybridized carbons (Fsp3) is 0.673. The molecule has 0 radical (unpaired) electrons. The summed E-state index contributed by atoms with van der Waals surface area (Å²) in [6, 6.07) is -0.779. The Morgan fingerprint density at radius 2 is 0.984 bits per heavy atom. The smallest absolute Gasteiger partial charge is 0.391 e. The summed E-state index contributed by atoms with van der Waals surface area (Å²) in [6.45, 7) is 4.71. The minimum Gasteiger partial charge on any atom is -0.391 e. The summed E-state index contributed by atoms with van der Waals surface area (Å²) >= 11 is 0. The molecule has 9 heteroatoms. The van der Waals surface area contributed by atoms with Crippen LogP contribution >= 0.6 is 7.82 Å². The Hall–Kier alpha value is -2.58. The highest BCUT2D eigenvalue weighted by Gasteiger charge is 2.28. The first kappa shape index (κ1) is 58.4. The van der Waals surface area contributed by atoms with Crippen LogP contribution in [0.15, 0.2) is 97.2 Å². The number of carbonyl (C=O) groups is 1. The van der Waals surface area contributed by atoms with E-state index in [2.05, 4.69) is 116 Å². The number of phosphoric ester groups is 1. The third-order valence-electron chi connectivity index (χ3n) is 10.1. The summed E-state index contributed by atoms with van der Waals surface area (Å²) in [7, 11) is 1.58. The standard InChI is InChI=1S/C52H91N2O6P/c1-6-8-10-12-14-16-18-19-20-21-22-23-24-25-26-27-28-29-30-31-32-33-34-35-36-38-40-42-44-46-52(56)53-50(49-60-61(57,58)59-48-47-54(3,4)5)51(55)45-43-41-39-37-17-15-13-11-9-7-2/h8,10,14,16,19-20,22-23,25-26,28-29,31-32,34-35,50-51,55H,6-7,9,11-13,15,17-18,21,24,27,30,33,36-49H2,1-5H3,(H-,53,56,57,58)/p+1/b10-8-,16-14-,20-19-,23-22-,26-25-,29-28-,32-31-,35-34-. The fourth-order valence-corrected chi connectivity index (χ4v) is 7.03. The highest BCUT2D eigenvalue weighted by Crippen LogP contribution is 2.43. The number of amides is 1. The quantitative estimate of drug-likeness (QED) is 0.0244. The summed E-state index contributed by atoms with van der Waals surface area (Å²) in [6.07, 6.45) is 60.2. The van der Waals surface area contributed by atoms with Gasteiger partial charge in [-0.2, -0.15) is 0 Å². The van der Waals surface area contributed by atoms with Gasteiger partial charge in [0, 0.05) is 6.42 Å². The maximum atomic E-state index is 12.9. The molecule has 350 valence electrons. The molecule has 0 aromatic rings. The van der Waals surface area contributed by atoms with E-state index in [1.807, 2.05) is 21.1 Å². The number of aliphatic hydroxyl groups excluding tert-OH is 1. The minimum absolute atomic E-state index is 0.0635. The van der Waals surface area contributed by atoms with E-state index in [0.29, 0.717) is 23.9 Å². The van der Waals surface area contributed by atoms with E-state index >= 15 is 0 Å². The van der Waals surface area contributed by atoms with E-state index in [1.54, 1.807) is 0 Å². The number of allylic oxidation sites excluding steroid dienone is 16. The number of hydrogen-bond donors (Lipinski definition) is 3. The number of nitrogens with one attached hydrogen (secondary N) is 1. The van der Waals surface area contributed by atoms with Crippen LogP contribution in [0, 0.1) is 0 Å². The number of phosphoric acid groups is 1. The molecule has 1 amide bonds. The topological polar surface area (TPSA) is 105 Å². The number of aliphatic hydroxyl groups is 1. The van der Waals surface area contributed by atoms with Gasteiger partial charge in [-0.25, -0.2) is 4.57 Å². The van der Waals surface area contributed by atoms with Crippen molar-refractivity contribution in [1.29, 1.82) is 0 Å². The van der Waals surface area contributed by atoms with E-state index in [1.165, 1.54) is 44.9 Å². The van der Waals surface area contributed by atoms with Gasteiger partial charge >= 0.3 is 7.82 Å². The number of quaternary nitrogens is 1. The Labute approximate surface area is 375 Å². The predicted octanol–water partition coefficient (Wildman–Crippen LogP) is 13.9. The van der Waals surface area contributed by atoms with Crippen molar-refractivity contribution in [3.63, 3.8) is 0 Å². The highest BCUT2D eigenvalue weighted by molar-refractivity contribution is 7.47. The first-order valence-corrected chi connectivity index (χ1v) is 25.6. The lowest BCUT2D eigenvalue weighted by Gasteiger charge is -2.26. The number of unbranched alkanes of at least 4 members (excludes halogenated alkanes) is 13. The normalized spacial score (nSPS) is 15.1. The molecule has 3 N–H and O–H groups in total. The van der Waals surface area contributed by atoms with Gasteiger partial charge in [0.1, 0.15) is 13.2 Å². The molecule has 8 nitrogen and oxygen atoms in total. The van der Waals surface area contributed by atoms with E-state index < -0.39 is 20.0 Å². The zero-order valence-electron chi connectivity index (χ0n) is 39.6. The minimum atomic E-state index is -4.33. The van der Waals surface area contributed by atoms with E-state index in [-0.39, 0.29) is 19.1 Å². The molecule has 61 heavy (non-hydrogen) atoms. The molecule has 0 heterocycles. The molecule has 3 atom stereocenters. The molecule has 0 aliphatic heterocycles. The van der Waals surface area contributed by atoms with Crippen molar-refractivity contribution in [1.82, 2.24) is 5.32 Å². The van der Waals surface area contributed by atoms with E-state index in [9.17, 15) is 19.4 Å². The molecular weight excluding hydrogens is 780 g/mol. The Morgan fingerprint density at radius 3 is 1.44 bits per heavy atom. The Balaban J connectivity index is 4.28. The van der Waals surface area contributed by atoms with E-state index in [4.69, 9.17) is 9.05 Å². The van der Waals surface area contributed by atoms with Crippen LogP contribution in [-0.2, 0) is 18.4 Å². The Morgan fingerprint density at radius 1 is 0.574 bits per heavy atom. The number of rotatable bonds is 42. The second-order valence-electron chi connectivity index (χ2n) is 17.1. The summed E-state index contributed by atoms with van der Waals surface area (Å²) in [5.41, 5.74) is 0. The average molecular weight is 872 g/mol. The SMILES string of the molecule is CC/C=C\C/C=C\C/C=C\C/C=C\C/C=C\C/C=C\C/C=C\C/C=C\CCCCCCC(=O)NC(COP(=O)(O)OCC[N+](C)(C)C)C(O)CCCCCCCCCCCC. The van der Waals surface area contributed by atoms with Crippen molar-refractivity contribution >= 4 is 13.7 Å². The van der Waals surface area contributed by atoms with Gasteiger partial charge in [-0.05, 0) is 77.0 Å². The lowest BCUT2D eigenvalue weighted by Crippen LogP contribution is -2.46. The predicted molar refractivity (Wildman–Crippen MR) is 262 cm³/mol. The molecule has 0 bridgehead atoms. The molecule has 0 aromatic carbocycles. The molecule has 3 unspecified atom stereocenters. The number of carbonyl (C=O) groups excluding carboxylic acids is 1. The highest BCUT2D eigenvalue weighted by atomic mass is 31.2. The maximum Gasteiger partial charge on any atom is 0.472 e. The second kappa shape index (κ2) is 42.7. The van der Waals surface area contributed by atoms with Gasteiger partial charge in [-0.1, -0.05) is 188 Å². The maximum absolute atomic E-state index is 12.9. The van der Waals surface area contributed by atoms with Gasteiger partial charge in [0.25, 0.3) is 0 Å².